The number of alkyl halides is 2. The van der Waals surface area contributed by atoms with Gasteiger partial charge < -0.3 is 5.73 Å². The quantitative estimate of drug-likeness (QED) is 0.635. The average molecular weight is 284 g/mol. The molecule has 0 radical (unpaired) electrons. The number of halogens is 3. The number of hydrogen-bond acceptors (Lipinski definition) is 2. The Morgan fingerprint density at radius 1 is 1.58 bits per heavy atom. The van der Waals surface area contributed by atoms with E-state index in [0.717, 1.165) is 0 Å². The maximum atomic E-state index is 12.4. The summed E-state index contributed by atoms with van der Waals surface area (Å²) in [6.45, 7) is 1.59. The van der Waals surface area contributed by atoms with E-state index in [1.54, 1.807) is 6.92 Å². The number of rotatable bonds is 1. The molecule has 12 heavy (non-hydrogen) atoms. The summed E-state index contributed by atoms with van der Waals surface area (Å²) >= 11 is 1.90. The van der Waals surface area contributed by atoms with E-state index in [1.165, 1.54) is 6.20 Å². The third-order valence-electron chi connectivity index (χ3n) is 1.56. The second kappa shape index (κ2) is 3.51. The van der Waals surface area contributed by atoms with Gasteiger partial charge in [0.1, 0.15) is 3.70 Å². The predicted molar refractivity (Wildman–Crippen MR) is 51.1 cm³/mol. The van der Waals surface area contributed by atoms with Gasteiger partial charge in [0.2, 0.25) is 0 Å². The van der Waals surface area contributed by atoms with E-state index in [-0.39, 0.29) is 11.3 Å². The van der Waals surface area contributed by atoms with Gasteiger partial charge in [0, 0.05) is 5.56 Å². The van der Waals surface area contributed by atoms with Crippen LogP contribution in [0.3, 0.4) is 0 Å². The number of anilines is 1. The minimum atomic E-state index is -2.53. The lowest BCUT2D eigenvalue weighted by Crippen LogP contribution is -2.01. The molecule has 0 amide bonds. The van der Waals surface area contributed by atoms with Crippen LogP contribution in [0.5, 0.6) is 0 Å². The standard InChI is InChI=1S/C7H7F2IN2/c1-3-5(6(8)9)4(11)2-12-7(3)10/h2,6H,11H2,1H3. The highest BCUT2D eigenvalue weighted by atomic mass is 127. The van der Waals surface area contributed by atoms with E-state index < -0.39 is 6.43 Å². The van der Waals surface area contributed by atoms with Gasteiger partial charge in [-0.15, -0.1) is 0 Å². The molecule has 1 heterocycles. The smallest absolute Gasteiger partial charge is 0.266 e. The summed E-state index contributed by atoms with van der Waals surface area (Å²) in [5.74, 6) is 0. The van der Waals surface area contributed by atoms with Crippen LogP contribution in [0.2, 0.25) is 0 Å². The van der Waals surface area contributed by atoms with Crippen molar-refractivity contribution in [3.05, 3.63) is 21.0 Å². The van der Waals surface area contributed by atoms with Crippen molar-refractivity contribution >= 4 is 28.3 Å². The van der Waals surface area contributed by atoms with Crippen molar-refractivity contribution in [2.75, 3.05) is 5.73 Å². The van der Waals surface area contributed by atoms with E-state index in [2.05, 4.69) is 4.98 Å². The van der Waals surface area contributed by atoms with Gasteiger partial charge in [-0.25, -0.2) is 13.8 Å². The highest BCUT2D eigenvalue weighted by molar-refractivity contribution is 14.1. The molecule has 0 atom stereocenters. The Morgan fingerprint density at radius 3 is 2.58 bits per heavy atom. The molecule has 0 aromatic carbocycles. The fraction of sp³-hybridized carbons (Fsp3) is 0.286. The Balaban J connectivity index is 3.33. The van der Waals surface area contributed by atoms with Crippen LogP contribution in [-0.2, 0) is 0 Å². The second-order valence-electron chi connectivity index (χ2n) is 2.34. The maximum Gasteiger partial charge on any atom is 0.266 e. The van der Waals surface area contributed by atoms with Crippen molar-refractivity contribution in [3.63, 3.8) is 0 Å². The van der Waals surface area contributed by atoms with Crippen LogP contribution in [0, 0.1) is 10.6 Å². The number of aromatic nitrogens is 1. The molecule has 0 aliphatic rings. The molecule has 0 saturated heterocycles. The molecule has 0 unspecified atom stereocenters. The molecule has 1 rings (SSSR count). The van der Waals surface area contributed by atoms with Crippen LogP contribution in [0.15, 0.2) is 6.20 Å². The van der Waals surface area contributed by atoms with Crippen LogP contribution in [-0.4, -0.2) is 4.98 Å². The molecule has 1 aromatic heterocycles. The van der Waals surface area contributed by atoms with Crippen LogP contribution < -0.4 is 5.73 Å². The Morgan fingerprint density at radius 2 is 2.17 bits per heavy atom. The molecule has 0 aliphatic heterocycles. The van der Waals surface area contributed by atoms with Gasteiger partial charge in [0.05, 0.1) is 11.9 Å². The zero-order valence-electron chi connectivity index (χ0n) is 6.31. The first-order valence-electron chi connectivity index (χ1n) is 3.22. The molecule has 0 fully saturated rings. The number of pyridine rings is 1. The first kappa shape index (κ1) is 9.63. The topological polar surface area (TPSA) is 38.9 Å². The summed E-state index contributed by atoms with van der Waals surface area (Å²) in [7, 11) is 0. The molecule has 0 aliphatic carbocycles. The van der Waals surface area contributed by atoms with Crippen molar-refractivity contribution in [3.8, 4) is 0 Å². The molecule has 1 aromatic rings. The van der Waals surface area contributed by atoms with E-state index in [9.17, 15) is 8.78 Å². The number of nitrogens with zero attached hydrogens (tertiary/aromatic N) is 1. The SMILES string of the molecule is Cc1c(I)ncc(N)c1C(F)F. The van der Waals surface area contributed by atoms with E-state index in [1.807, 2.05) is 22.6 Å². The van der Waals surface area contributed by atoms with Gasteiger partial charge in [0.25, 0.3) is 6.43 Å². The largest absolute Gasteiger partial charge is 0.397 e. The summed E-state index contributed by atoms with van der Waals surface area (Å²) in [4.78, 5) is 3.85. The number of nitrogens with two attached hydrogens (primary N) is 1. The van der Waals surface area contributed by atoms with Gasteiger partial charge in [0.15, 0.2) is 0 Å². The van der Waals surface area contributed by atoms with Gasteiger partial charge >= 0.3 is 0 Å². The molecule has 0 saturated carbocycles. The Kier molecular flexibility index (Phi) is 2.81. The molecule has 0 bridgehead atoms. The molecule has 2 N–H and O–H groups in total. The zero-order chi connectivity index (χ0) is 9.30. The van der Waals surface area contributed by atoms with Crippen LogP contribution in [0.1, 0.15) is 17.6 Å². The van der Waals surface area contributed by atoms with Crippen molar-refractivity contribution in [2.24, 2.45) is 0 Å². The summed E-state index contributed by atoms with van der Waals surface area (Å²) < 4.78 is 25.3. The minimum absolute atomic E-state index is 0.0583. The third kappa shape index (κ3) is 1.65. The molecular formula is C7H7F2IN2. The van der Waals surface area contributed by atoms with Gasteiger partial charge in [-0.3, -0.25) is 0 Å². The van der Waals surface area contributed by atoms with Crippen molar-refractivity contribution < 1.29 is 8.78 Å². The summed E-state index contributed by atoms with van der Waals surface area (Å²) in [5, 5.41) is 0. The maximum absolute atomic E-state index is 12.4. The molecule has 66 valence electrons. The zero-order valence-corrected chi connectivity index (χ0v) is 8.47. The molecular weight excluding hydrogens is 277 g/mol. The lowest BCUT2D eigenvalue weighted by molar-refractivity contribution is 0.151. The second-order valence-corrected chi connectivity index (χ2v) is 3.37. The Labute approximate surface area is 82.3 Å². The number of hydrogen-bond donors (Lipinski definition) is 1. The van der Waals surface area contributed by atoms with Crippen molar-refractivity contribution in [2.45, 2.75) is 13.3 Å². The Bertz CT molecular complexity index is 302. The van der Waals surface area contributed by atoms with E-state index in [0.29, 0.717) is 9.26 Å². The van der Waals surface area contributed by atoms with Gasteiger partial charge in [-0.05, 0) is 35.1 Å². The van der Waals surface area contributed by atoms with Crippen molar-refractivity contribution in [1.82, 2.24) is 4.98 Å². The highest BCUT2D eigenvalue weighted by Crippen LogP contribution is 2.29. The minimum Gasteiger partial charge on any atom is -0.397 e. The van der Waals surface area contributed by atoms with E-state index >= 15 is 0 Å². The predicted octanol–water partition coefficient (Wildman–Crippen LogP) is 2.51. The van der Waals surface area contributed by atoms with Gasteiger partial charge in [-0.2, -0.15) is 0 Å². The summed E-state index contributed by atoms with van der Waals surface area (Å²) in [6, 6.07) is 0. The first-order valence-corrected chi connectivity index (χ1v) is 4.30. The van der Waals surface area contributed by atoms with Gasteiger partial charge in [-0.1, -0.05) is 0 Å². The molecule has 5 heteroatoms. The van der Waals surface area contributed by atoms with Crippen LogP contribution in [0.25, 0.3) is 0 Å². The monoisotopic (exact) mass is 284 g/mol. The van der Waals surface area contributed by atoms with Crippen molar-refractivity contribution in [1.29, 1.82) is 0 Å². The fourth-order valence-electron chi connectivity index (χ4n) is 0.910. The first-order chi connectivity index (χ1) is 5.54. The number of nitrogen functional groups attached to an aromatic ring is 1. The summed E-state index contributed by atoms with van der Waals surface area (Å²) in [6.07, 6.45) is -1.27. The normalized spacial score (nSPS) is 10.8. The highest BCUT2D eigenvalue weighted by Gasteiger charge is 2.16. The fourth-order valence-corrected chi connectivity index (χ4v) is 1.34. The lowest BCUT2D eigenvalue weighted by Gasteiger charge is -2.08. The molecule has 2 nitrogen and oxygen atoms in total. The van der Waals surface area contributed by atoms with Crippen LogP contribution in [0.4, 0.5) is 14.5 Å². The molecule has 0 spiro atoms. The van der Waals surface area contributed by atoms with E-state index in [4.69, 9.17) is 5.73 Å². The Hall–Kier alpha value is -0.460. The third-order valence-corrected chi connectivity index (χ3v) is 2.65. The lowest BCUT2D eigenvalue weighted by atomic mass is 10.1. The average Bonchev–Trinajstić information content (AvgIpc) is 1.97. The van der Waals surface area contributed by atoms with Crippen LogP contribution >= 0.6 is 22.6 Å². The summed E-state index contributed by atoms with van der Waals surface area (Å²) in [5.41, 5.74) is 5.76.